The lowest BCUT2D eigenvalue weighted by atomic mass is 9.71. The Morgan fingerprint density at radius 2 is 1.88 bits per heavy atom. The molecule has 2 aromatic carbocycles. The molecule has 8 heteroatoms. The average Bonchev–Trinajstić information content (AvgIpc) is 3.35. The number of carbonyl (C=O) groups is 2. The van der Waals surface area contributed by atoms with Crippen molar-refractivity contribution in [2.75, 3.05) is 38.6 Å². The molecule has 3 heterocycles. The predicted molar refractivity (Wildman–Crippen MR) is 154 cm³/mol. The number of aryl methyl sites for hydroxylation is 2. The Morgan fingerprint density at radius 3 is 2.60 bits per heavy atom. The van der Waals surface area contributed by atoms with Crippen LogP contribution in [0.15, 0.2) is 48.8 Å². The molecule has 0 radical (unpaired) electrons. The van der Waals surface area contributed by atoms with Crippen molar-refractivity contribution in [3.05, 3.63) is 71.2 Å². The lowest BCUT2D eigenvalue weighted by molar-refractivity contribution is -0.136. The van der Waals surface area contributed by atoms with Gasteiger partial charge in [-0.1, -0.05) is 18.2 Å². The Hall–Kier alpha value is -3.78. The number of anilines is 1. The molecule has 0 unspecified atom stereocenters. The summed E-state index contributed by atoms with van der Waals surface area (Å²) in [4.78, 5) is 38.2. The highest BCUT2D eigenvalue weighted by atomic mass is 16.5. The number of hydrogen-bond acceptors (Lipinski definition) is 6. The first-order valence-electron chi connectivity index (χ1n) is 14.2. The van der Waals surface area contributed by atoms with E-state index in [0.29, 0.717) is 22.9 Å². The molecule has 1 N–H and O–H groups in total. The molecule has 6 rings (SSSR count). The Kier molecular flexibility index (Phi) is 7.04. The van der Waals surface area contributed by atoms with Crippen LogP contribution in [0.25, 0.3) is 11.3 Å². The van der Waals surface area contributed by atoms with Gasteiger partial charge in [-0.25, -0.2) is 9.97 Å². The van der Waals surface area contributed by atoms with Crippen molar-refractivity contribution in [2.24, 2.45) is 5.41 Å². The second-order valence-electron chi connectivity index (χ2n) is 11.7. The van der Waals surface area contributed by atoms with Gasteiger partial charge in [0.25, 0.3) is 0 Å². The first-order valence-corrected chi connectivity index (χ1v) is 14.2. The fraction of sp³-hybridized carbons (Fsp3) is 0.438. The second kappa shape index (κ2) is 10.7. The molecule has 1 atom stereocenters. The van der Waals surface area contributed by atoms with Crippen molar-refractivity contribution < 1.29 is 14.3 Å². The van der Waals surface area contributed by atoms with Crippen LogP contribution in [0, 0.1) is 12.3 Å². The number of likely N-dealkylation sites (tertiary alicyclic amines) is 2. The van der Waals surface area contributed by atoms with E-state index in [-0.39, 0.29) is 18.2 Å². The number of methoxy groups -OCH3 is 1. The SMILES string of the molecule is COc1ccc(CC(=O)N2CCC3(CC2)CN([C@@H]2CCc4cc(-c5cc(C)ncn5)ccc42)C3)c(NC(C)=O)c1. The summed E-state index contributed by atoms with van der Waals surface area (Å²) in [7, 11) is 1.59. The molecule has 40 heavy (non-hydrogen) atoms. The number of piperidine rings is 1. The van der Waals surface area contributed by atoms with Gasteiger partial charge in [0, 0.05) is 62.2 Å². The number of rotatable bonds is 6. The van der Waals surface area contributed by atoms with Gasteiger partial charge in [0.15, 0.2) is 0 Å². The van der Waals surface area contributed by atoms with Gasteiger partial charge in [0.2, 0.25) is 11.8 Å². The van der Waals surface area contributed by atoms with Crippen LogP contribution in [0.2, 0.25) is 0 Å². The quantitative estimate of drug-likeness (QED) is 0.494. The van der Waals surface area contributed by atoms with Crippen LogP contribution < -0.4 is 10.1 Å². The normalized spacial score (nSPS) is 19.7. The van der Waals surface area contributed by atoms with Crippen LogP contribution in [0.4, 0.5) is 5.69 Å². The molecule has 1 aromatic heterocycles. The molecule has 2 aliphatic heterocycles. The molecule has 1 aliphatic carbocycles. The van der Waals surface area contributed by atoms with Crippen LogP contribution in [0.1, 0.15) is 54.6 Å². The van der Waals surface area contributed by atoms with Gasteiger partial charge in [0.1, 0.15) is 12.1 Å². The summed E-state index contributed by atoms with van der Waals surface area (Å²) in [5.74, 6) is 0.602. The van der Waals surface area contributed by atoms with Crippen molar-refractivity contribution in [1.82, 2.24) is 19.8 Å². The summed E-state index contributed by atoms with van der Waals surface area (Å²) in [5.41, 5.74) is 7.82. The molecule has 2 fully saturated rings. The summed E-state index contributed by atoms with van der Waals surface area (Å²) in [5, 5.41) is 2.84. The molecule has 3 aromatic rings. The zero-order valence-electron chi connectivity index (χ0n) is 23.6. The number of fused-ring (bicyclic) bond motifs is 1. The third kappa shape index (κ3) is 5.20. The number of nitrogens with zero attached hydrogens (tertiary/aromatic N) is 4. The maximum Gasteiger partial charge on any atom is 0.227 e. The summed E-state index contributed by atoms with van der Waals surface area (Å²) in [6.45, 7) is 7.27. The first kappa shape index (κ1) is 26.4. The van der Waals surface area contributed by atoms with Gasteiger partial charge in [0.05, 0.1) is 19.2 Å². The number of amides is 2. The van der Waals surface area contributed by atoms with Crippen LogP contribution in [0.3, 0.4) is 0 Å². The number of hydrogen-bond donors (Lipinski definition) is 1. The lowest BCUT2D eigenvalue weighted by Crippen LogP contribution is -2.61. The molecule has 1 spiro atoms. The standard InChI is InChI=1S/C32H37N5O3/c1-21-14-28(34-20-33-21)24-5-8-27-23(15-24)6-9-30(27)37-18-32(19-37)10-12-36(13-11-32)31(39)16-25-4-7-26(40-3)17-29(25)35-22(2)38/h4-5,7-8,14-15,17,20,30H,6,9-13,16,18-19H2,1-3H3,(H,35,38)/t30-/m1/s1. The fourth-order valence-electron chi connectivity index (χ4n) is 6.75. The minimum atomic E-state index is -0.164. The molecule has 2 amide bonds. The van der Waals surface area contributed by atoms with E-state index in [1.54, 1.807) is 19.5 Å². The van der Waals surface area contributed by atoms with Crippen LogP contribution in [-0.4, -0.2) is 64.9 Å². The fourth-order valence-corrected chi connectivity index (χ4v) is 6.75. The maximum absolute atomic E-state index is 13.2. The monoisotopic (exact) mass is 539 g/mol. The van der Waals surface area contributed by atoms with E-state index in [9.17, 15) is 9.59 Å². The molecule has 0 saturated carbocycles. The van der Waals surface area contributed by atoms with Gasteiger partial charge in [-0.15, -0.1) is 0 Å². The van der Waals surface area contributed by atoms with E-state index in [0.717, 1.165) is 62.4 Å². The molecule has 8 nitrogen and oxygen atoms in total. The number of nitrogens with one attached hydrogen (secondary N) is 1. The summed E-state index contributed by atoms with van der Waals surface area (Å²) in [6, 6.07) is 14.8. The van der Waals surface area contributed by atoms with E-state index >= 15 is 0 Å². The molecule has 3 aliphatic rings. The molecule has 0 bridgehead atoms. The van der Waals surface area contributed by atoms with Crippen molar-refractivity contribution in [3.8, 4) is 17.0 Å². The Labute approximate surface area is 235 Å². The average molecular weight is 540 g/mol. The van der Waals surface area contributed by atoms with E-state index in [2.05, 4.69) is 38.4 Å². The Bertz CT molecular complexity index is 1440. The number of carbonyl (C=O) groups excluding carboxylic acids is 2. The zero-order valence-corrected chi connectivity index (χ0v) is 23.6. The lowest BCUT2D eigenvalue weighted by Gasteiger charge is -2.56. The van der Waals surface area contributed by atoms with Crippen molar-refractivity contribution in [1.29, 1.82) is 0 Å². The summed E-state index contributed by atoms with van der Waals surface area (Å²) >= 11 is 0. The number of benzene rings is 2. The predicted octanol–water partition coefficient (Wildman–Crippen LogP) is 4.57. The molecule has 208 valence electrons. The first-order chi connectivity index (χ1) is 19.3. The maximum atomic E-state index is 13.2. The third-order valence-corrected chi connectivity index (χ3v) is 8.95. The minimum Gasteiger partial charge on any atom is -0.497 e. The highest BCUT2D eigenvalue weighted by molar-refractivity contribution is 5.91. The minimum absolute atomic E-state index is 0.113. The van der Waals surface area contributed by atoms with Gasteiger partial charge in [-0.3, -0.25) is 14.5 Å². The second-order valence-corrected chi connectivity index (χ2v) is 11.7. The Morgan fingerprint density at radius 1 is 1.07 bits per heavy atom. The smallest absolute Gasteiger partial charge is 0.227 e. The largest absolute Gasteiger partial charge is 0.497 e. The van der Waals surface area contributed by atoms with E-state index in [1.807, 2.05) is 30.0 Å². The summed E-state index contributed by atoms with van der Waals surface area (Å²) in [6.07, 6.45) is 6.27. The van der Waals surface area contributed by atoms with Gasteiger partial charge < -0.3 is 15.0 Å². The van der Waals surface area contributed by atoms with Crippen LogP contribution in [-0.2, 0) is 22.4 Å². The highest BCUT2D eigenvalue weighted by Crippen LogP contribution is 2.48. The Balaban J connectivity index is 1.04. The van der Waals surface area contributed by atoms with E-state index in [1.165, 1.54) is 30.0 Å². The molecular weight excluding hydrogens is 502 g/mol. The molecular formula is C32H37N5O3. The number of ether oxygens (including phenoxy) is 1. The van der Waals surface area contributed by atoms with E-state index < -0.39 is 0 Å². The molecule has 2 saturated heterocycles. The zero-order chi connectivity index (χ0) is 27.9. The van der Waals surface area contributed by atoms with Gasteiger partial charge in [-0.05, 0) is 72.9 Å². The highest BCUT2D eigenvalue weighted by Gasteiger charge is 2.48. The van der Waals surface area contributed by atoms with Gasteiger partial charge >= 0.3 is 0 Å². The number of aromatic nitrogens is 2. The van der Waals surface area contributed by atoms with Crippen molar-refractivity contribution >= 4 is 17.5 Å². The topological polar surface area (TPSA) is 87.7 Å². The summed E-state index contributed by atoms with van der Waals surface area (Å²) < 4.78 is 5.29. The van der Waals surface area contributed by atoms with Crippen molar-refractivity contribution in [3.63, 3.8) is 0 Å². The van der Waals surface area contributed by atoms with Crippen LogP contribution in [0.5, 0.6) is 5.75 Å². The van der Waals surface area contributed by atoms with E-state index in [4.69, 9.17) is 4.74 Å². The third-order valence-electron chi connectivity index (χ3n) is 8.95. The van der Waals surface area contributed by atoms with Crippen molar-refractivity contribution in [2.45, 2.75) is 52.0 Å². The van der Waals surface area contributed by atoms with Crippen LogP contribution >= 0.6 is 0 Å². The van der Waals surface area contributed by atoms with Gasteiger partial charge in [-0.2, -0.15) is 0 Å².